The van der Waals surface area contributed by atoms with Crippen LogP contribution >= 0.6 is 0 Å². The molecule has 0 aliphatic rings. The number of rotatable bonds is 45. The number of unbranched alkanes of at least 4 members (excludes halogenated alkanes) is 28. The number of allylic oxidation sites excluding steroid dienone is 4. The molecule has 0 aliphatic heterocycles. The van der Waals surface area contributed by atoms with Gasteiger partial charge in [-0.2, -0.15) is 0 Å². The number of quaternary nitrogens is 1. The summed E-state index contributed by atoms with van der Waals surface area (Å²) in [6, 6.07) is -0.614. The highest BCUT2D eigenvalue weighted by molar-refractivity contribution is 5.72. The highest BCUT2D eigenvalue weighted by Crippen LogP contribution is 2.16. The maximum atomic E-state index is 12.8. The Kier molecular flexibility index (Phi) is 40.9. The second kappa shape index (κ2) is 42.5. The van der Waals surface area contributed by atoms with Gasteiger partial charge in [-0.15, -0.1) is 0 Å². The van der Waals surface area contributed by atoms with Crippen LogP contribution in [0.3, 0.4) is 0 Å². The summed E-state index contributed by atoms with van der Waals surface area (Å²) in [6.07, 6.45) is 47.9. The second-order valence-corrected chi connectivity index (χ2v) is 18.1. The normalized spacial score (nSPS) is 13.0. The molecule has 59 heavy (non-hydrogen) atoms. The predicted molar refractivity (Wildman–Crippen MR) is 248 cm³/mol. The molecular weight excluding hydrogens is 739 g/mol. The standard InChI is InChI=1S/C51H95NO7/c1-6-8-10-12-14-16-18-20-22-23-24-25-26-28-30-32-34-36-38-40-42-50(54)59-47(45-57-44-43-48(51(55)56)52(3,4)5)46-58-49(53)41-39-37-35-33-31-29-27-21-19-17-15-13-11-9-7-2/h15,17,19,21,47-48H,6-14,16,18,20,22-46H2,1-5H3/p+1/b17-15+,21-19+. The van der Waals surface area contributed by atoms with Gasteiger partial charge in [0.2, 0.25) is 0 Å². The number of carbonyl (C=O) groups excluding carboxylic acids is 2. The third-order valence-electron chi connectivity index (χ3n) is 11.4. The smallest absolute Gasteiger partial charge is 0.362 e. The average molecular weight is 835 g/mol. The summed E-state index contributed by atoms with van der Waals surface area (Å²) in [7, 11) is 5.54. The summed E-state index contributed by atoms with van der Waals surface area (Å²) in [6.45, 7) is 4.73. The van der Waals surface area contributed by atoms with E-state index in [2.05, 4.69) is 38.2 Å². The van der Waals surface area contributed by atoms with Gasteiger partial charge in [-0.05, 0) is 38.5 Å². The Morgan fingerprint density at radius 1 is 0.508 bits per heavy atom. The SMILES string of the molecule is CCCCC/C=C/C=C/CCCCCCCCC(=O)OCC(COCCC(C(=O)O)[N+](C)(C)C)OC(=O)CCCCCCCCCCCCCCCCCCCCCC. The summed E-state index contributed by atoms with van der Waals surface area (Å²) in [5.41, 5.74) is 0. The minimum absolute atomic E-state index is 0.0526. The zero-order chi connectivity index (χ0) is 43.5. The molecular formula is C51H96NO7+. The van der Waals surface area contributed by atoms with Crippen LogP contribution in [0.25, 0.3) is 0 Å². The van der Waals surface area contributed by atoms with Gasteiger partial charge in [0.15, 0.2) is 12.1 Å². The average Bonchev–Trinajstić information content (AvgIpc) is 3.19. The monoisotopic (exact) mass is 835 g/mol. The zero-order valence-electron chi connectivity index (χ0n) is 39.5. The molecule has 1 N–H and O–H groups in total. The van der Waals surface area contributed by atoms with E-state index in [0.717, 1.165) is 44.9 Å². The molecule has 8 heteroatoms. The number of hydrogen-bond donors (Lipinski definition) is 1. The van der Waals surface area contributed by atoms with Crippen LogP contribution in [0.15, 0.2) is 24.3 Å². The first-order valence-electron chi connectivity index (χ1n) is 24.9. The lowest BCUT2D eigenvalue weighted by Crippen LogP contribution is -2.50. The van der Waals surface area contributed by atoms with Gasteiger partial charge in [0, 0.05) is 19.3 Å². The van der Waals surface area contributed by atoms with Crippen molar-refractivity contribution in [1.29, 1.82) is 0 Å². The van der Waals surface area contributed by atoms with E-state index in [9.17, 15) is 19.5 Å². The topological polar surface area (TPSA) is 99.1 Å². The van der Waals surface area contributed by atoms with E-state index in [4.69, 9.17) is 14.2 Å². The second-order valence-electron chi connectivity index (χ2n) is 18.1. The van der Waals surface area contributed by atoms with Gasteiger partial charge in [0.25, 0.3) is 0 Å². The number of ether oxygens (including phenoxy) is 3. The third-order valence-corrected chi connectivity index (χ3v) is 11.4. The largest absolute Gasteiger partial charge is 0.477 e. The molecule has 0 aromatic heterocycles. The molecule has 0 saturated carbocycles. The predicted octanol–water partition coefficient (Wildman–Crippen LogP) is 14.0. The first-order chi connectivity index (χ1) is 28.6. The fourth-order valence-corrected chi connectivity index (χ4v) is 7.50. The molecule has 0 radical (unpaired) electrons. The van der Waals surface area contributed by atoms with Crippen LogP contribution in [0.4, 0.5) is 0 Å². The van der Waals surface area contributed by atoms with Crippen molar-refractivity contribution in [2.45, 2.75) is 244 Å². The number of hydrogen-bond acceptors (Lipinski definition) is 6. The van der Waals surface area contributed by atoms with Crippen LogP contribution in [0.5, 0.6) is 0 Å². The van der Waals surface area contributed by atoms with Crippen molar-refractivity contribution in [3.63, 3.8) is 0 Å². The molecule has 2 unspecified atom stereocenters. The van der Waals surface area contributed by atoms with Crippen molar-refractivity contribution in [1.82, 2.24) is 0 Å². The van der Waals surface area contributed by atoms with E-state index in [1.165, 1.54) is 154 Å². The van der Waals surface area contributed by atoms with E-state index in [1.54, 1.807) is 0 Å². The number of carboxylic acids is 1. The van der Waals surface area contributed by atoms with Crippen LogP contribution in [0.1, 0.15) is 232 Å². The van der Waals surface area contributed by atoms with Crippen LogP contribution < -0.4 is 0 Å². The van der Waals surface area contributed by atoms with Crippen LogP contribution in [-0.2, 0) is 28.6 Å². The molecule has 0 saturated heterocycles. The molecule has 0 fully saturated rings. The third kappa shape index (κ3) is 41.0. The Balaban J connectivity index is 4.24. The van der Waals surface area contributed by atoms with E-state index >= 15 is 0 Å². The van der Waals surface area contributed by atoms with E-state index in [0.29, 0.717) is 19.3 Å². The van der Waals surface area contributed by atoms with Crippen molar-refractivity contribution < 1.29 is 38.2 Å². The highest BCUT2D eigenvalue weighted by atomic mass is 16.6. The zero-order valence-corrected chi connectivity index (χ0v) is 39.5. The van der Waals surface area contributed by atoms with Crippen molar-refractivity contribution in [2.75, 3.05) is 41.0 Å². The Morgan fingerprint density at radius 3 is 1.31 bits per heavy atom. The first-order valence-corrected chi connectivity index (χ1v) is 24.9. The van der Waals surface area contributed by atoms with Gasteiger partial charge in [-0.1, -0.05) is 199 Å². The minimum Gasteiger partial charge on any atom is -0.477 e. The molecule has 0 heterocycles. The number of carboxylic acid groups (broad SMARTS) is 1. The molecule has 0 aromatic rings. The van der Waals surface area contributed by atoms with E-state index in [-0.39, 0.29) is 36.2 Å². The van der Waals surface area contributed by atoms with Crippen LogP contribution in [-0.4, -0.2) is 80.6 Å². The van der Waals surface area contributed by atoms with Crippen molar-refractivity contribution >= 4 is 17.9 Å². The molecule has 346 valence electrons. The van der Waals surface area contributed by atoms with Crippen molar-refractivity contribution in [3.05, 3.63) is 24.3 Å². The molecule has 0 amide bonds. The van der Waals surface area contributed by atoms with E-state index in [1.807, 2.05) is 21.1 Å². The van der Waals surface area contributed by atoms with Crippen LogP contribution in [0, 0.1) is 0 Å². The molecule has 0 aliphatic carbocycles. The number of aliphatic carboxylic acids is 1. The lowest BCUT2D eigenvalue weighted by atomic mass is 10.0. The van der Waals surface area contributed by atoms with Gasteiger partial charge in [-0.25, -0.2) is 4.79 Å². The Labute approximate surface area is 364 Å². The number of nitrogens with zero attached hydrogens (tertiary/aromatic N) is 1. The van der Waals surface area contributed by atoms with Gasteiger partial charge in [0.1, 0.15) is 6.61 Å². The maximum Gasteiger partial charge on any atom is 0.362 e. The van der Waals surface area contributed by atoms with Crippen molar-refractivity contribution in [2.24, 2.45) is 0 Å². The molecule has 0 spiro atoms. The van der Waals surface area contributed by atoms with Gasteiger partial charge in [-0.3, -0.25) is 9.59 Å². The molecule has 0 aromatic carbocycles. The summed E-state index contributed by atoms with van der Waals surface area (Å²) >= 11 is 0. The highest BCUT2D eigenvalue weighted by Gasteiger charge is 2.31. The molecule has 8 nitrogen and oxygen atoms in total. The van der Waals surface area contributed by atoms with Gasteiger partial charge in [0.05, 0.1) is 34.4 Å². The first kappa shape index (κ1) is 56.8. The Morgan fingerprint density at radius 2 is 0.881 bits per heavy atom. The molecule has 0 bridgehead atoms. The summed E-state index contributed by atoms with van der Waals surface area (Å²) in [4.78, 5) is 37.1. The number of likely N-dealkylation sites (N-methyl/N-ethyl adjacent to an activating group) is 1. The summed E-state index contributed by atoms with van der Waals surface area (Å²) < 4.78 is 17.3. The summed E-state index contributed by atoms with van der Waals surface area (Å²) in [5.74, 6) is -1.47. The minimum atomic E-state index is -0.874. The van der Waals surface area contributed by atoms with Crippen LogP contribution in [0.2, 0.25) is 0 Å². The van der Waals surface area contributed by atoms with Gasteiger partial charge < -0.3 is 23.8 Å². The molecule has 2 atom stereocenters. The van der Waals surface area contributed by atoms with E-state index < -0.39 is 18.1 Å². The quantitative estimate of drug-likeness (QED) is 0.0282. The lowest BCUT2D eigenvalue weighted by Gasteiger charge is -2.31. The Hall–Kier alpha value is -2.19. The lowest BCUT2D eigenvalue weighted by molar-refractivity contribution is -0.887. The fourth-order valence-electron chi connectivity index (χ4n) is 7.50. The Bertz CT molecular complexity index is 1020. The number of carbonyl (C=O) groups is 3. The number of esters is 2. The molecule has 0 rings (SSSR count). The fraction of sp³-hybridized carbons (Fsp3) is 0.863. The maximum absolute atomic E-state index is 12.8. The van der Waals surface area contributed by atoms with Gasteiger partial charge >= 0.3 is 17.9 Å². The van der Waals surface area contributed by atoms with Crippen molar-refractivity contribution in [3.8, 4) is 0 Å². The summed E-state index contributed by atoms with van der Waals surface area (Å²) in [5, 5.41) is 9.64.